The summed E-state index contributed by atoms with van der Waals surface area (Å²) in [6, 6.07) is 9.05. The van der Waals surface area contributed by atoms with Crippen molar-refractivity contribution in [2.45, 2.75) is 45.1 Å². The van der Waals surface area contributed by atoms with Gasteiger partial charge in [-0.05, 0) is 62.3 Å². The van der Waals surface area contributed by atoms with Gasteiger partial charge in [0, 0.05) is 11.1 Å². The Hall–Kier alpha value is -0.530. The van der Waals surface area contributed by atoms with E-state index in [4.69, 9.17) is 11.6 Å². The molecule has 1 aromatic rings. The molecular formula is C15H22ClN. The van der Waals surface area contributed by atoms with Crippen molar-refractivity contribution in [3.8, 4) is 0 Å². The van der Waals surface area contributed by atoms with E-state index >= 15 is 0 Å². The zero-order valence-corrected chi connectivity index (χ0v) is 11.3. The number of hydrogen-bond acceptors (Lipinski definition) is 1. The first-order valence-corrected chi connectivity index (χ1v) is 7.13. The molecule has 0 amide bonds. The van der Waals surface area contributed by atoms with E-state index in [0.29, 0.717) is 0 Å². The van der Waals surface area contributed by atoms with Crippen LogP contribution in [-0.2, 0) is 6.42 Å². The lowest BCUT2D eigenvalue weighted by Crippen LogP contribution is -2.27. The minimum Gasteiger partial charge on any atom is -0.314 e. The van der Waals surface area contributed by atoms with Gasteiger partial charge in [-0.3, -0.25) is 0 Å². The molecule has 2 atom stereocenters. The number of benzene rings is 1. The molecule has 1 nitrogen and oxygen atoms in total. The molecule has 94 valence electrons. The average Bonchev–Trinajstić information content (AvgIpc) is 2.74. The second kappa shape index (κ2) is 6.42. The minimum absolute atomic E-state index is 0.749. The highest BCUT2D eigenvalue weighted by molar-refractivity contribution is 6.30. The normalized spacial score (nSPS) is 24.1. The van der Waals surface area contributed by atoms with Gasteiger partial charge in [-0.15, -0.1) is 0 Å². The molecule has 1 N–H and O–H groups in total. The Morgan fingerprint density at radius 3 is 3.00 bits per heavy atom. The molecule has 0 spiro atoms. The molecule has 0 aromatic heterocycles. The van der Waals surface area contributed by atoms with Crippen molar-refractivity contribution in [2.75, 3.05) is 6.54 Å². The monoisotopic (exact) mass is 251 g/mol. The van der Waals surface area contributed by atoms with Crippen LogP contribution in [0.15, 0.2) is 24.3 Å². The molecule has 1 fully saturated rings. The van der Waals surface area contributed by atoms with Crippen LogP contribution < -0.4 is 5.32 Å². The molecule has 1 aliphatic carbocycles. The summed E-state index contributed by atoms with van der Waals surface area (Å²) in [6.45, 7) is 3.39. The molecule has 0 radical (unpaired) electrons. The minimum atomic E-state index is 0.749. The molecular weight excluding hydrogens is 230 g/mol. The summed E-state index contributed by atoms with van der Waals surface area (Å²) >= 11 is 6.02. The summed E-state index contributed by atoms with van der Waals surface area (Å²) in [7, 11) is 0. The summed E-state index contributed by atoms with van der Waals surface area (Å²) in [5, 5.41) is 4.49. The highest BCUT2D eigenvalue weighted by atomic mass is 35.5. The fourth-order valence-electron chi connectivity index (χ4n) is 2.79. The van der Waals surface area contributed by atoms with Gasteiger partial charge in [0.2, 0.25) is 0 Å². The Balaban J connectivity index is 1.81. The highest BCUT2D eigenvalue weighted by Gasteiger charge is 2.23. The largest absolute Gasteiger partial charge is 0.314 e. The van der Waals surface area contributed by atoms with E-state index in [0.717, 1.165) is 23.5 Å². The molecule has 1 aliphatic rings. The second-order valence-corrected chi connectivity index (χ2v) is 5.60. The van der Waals surface area contributed by atoms with Crippen LogP contribution >= 0.6 is 11.6 Å². The highest BCUT2D eigenvalue weighted by Crippen LogP contribution is 2.29. The molecule has 2 unspecified atom stereocenters. The van der Waals surface area contributed by atoms with Gasteiger partial charge >= 0.3 is 0 Å². The lowest BCUT2D eigenvalue weighted by Gasteiger charge is -2.13. The number of nitrogens with one attached hydrogen (secondary N) is 1. The van der Waals surface area contributed by atoms with Crippen molar-refractivity contribution in [1.82, 2.24) is 5.32 Å². The van der Waals surface area contributed by atoms with E-state index in [1.54, 1.807) is 0 Å². The van der Waals surface area contributed by atoms with Gasteiger partial charge in [0.05, 0.1) is 0 Å². The maximum Gasteiger partial charge on any atom is 0.0408 e. The maximum atomic E-state index is 6.02. The molecule has 2 heteroatoms. The Kier molecular flexibility index (Phi) is 4.87. The molecule has 1 saturated carbocycles. The van der Waals surface area contributed by atoms with Crippen molar-refractivity contribution in [3.05, 3.63) is 34.9 Å². The SMILES string of the molecule is CCCNC1CCC(Cc2cccc(Cl)c2)C1. The standard InChI is InChI=1S/C15H22ClN/c1-2-8-17-15-7-6-13(11-15)9-12-4-3-5-14(16)10-12/h3-5,10,13,15,17H,2,6-9,11H2,1H3. The molecule has 0 heterocycles. The Labute approximate surface area is 110 Å². The zero-order valence-electron chi connectivity index (χ0n) is 10.6. The quantitative estimate of drug-likeness (QED) is 0.833. The van der Waals surface area contributed by atoms with Crippen LogP contribution in [0.1, 0.15) is 38.2 Å². The van der Waals surface area contributed by atoms with E-state index in [2.05, 4.69) is 30.4 Å². The van der Waals surface area contributed by atoms with Gasteiger partial charge in [-0.25, -0.2) is 0 Å². The van der Waals surface area contributed by atoms with Crippen LogP contribution in [0.4, 0.5) is 0 Å². The maximum absolute atomic E-state index is 6.02. The van der Waals surface area contributed by atoms with Crippen LogP contribution in [0, 0.1) is 5.92 Å². The van der Waals surface area contributed by atoms with E-state index < -0.39 is 0 Å². The summed E-state index contributed by atoms with van der Waals surface area (Å²) in [5.41, 5.74) is 1.39. The third-order valence-corrected chi connectivity index (χ3v) is 3.87. The van der Waals surface area contributed by atoms with Gasteiger partial charge in [-0.1, -0.05) is 30.7 Å². The molecule has 2 rings (SSSR count). The van der Waals surface area contributed by atoms with Gasteiger partial charge in [0.25, 0.3) is 0 Å². The van der Waals surface area contributed by atoms with Crippen LogP contribution in [-0.4, -0.2) is 12.6 Å². The Morgan fingerprint density at radius 2 is 2.24 bits per heavy atom. The molecule has 0 saturated heterocycles. The van der Waals surface area contributed by atoms with Gasteiger partial charge in [0.15, 0.2) is 0 Å². The Morgan fingerprint density at radius 1 is 1.35 bits per heavy atom. The number of halogens is 1. The molecule has 0 aliphatic heterocycles. The lowest BCUT2D eigenvalue weighted by atomic mass is 9.98. The third-order valence-electron chi connectivity index (χ3n) is 3.64. The number of rotatable bonds is 5. The summed E-state index contributed by atoms with van der Waals surface area (Å²) in [5.74, 6) is 0.836. The zero-order chi connectivity index (χ0) is 12.1. The molecule has 1 aromatic carbocycles. The summed E-state index contributed by atoms with van der Waals surface area (Å²) in [4.78, 5) is 0. The first-order valence-electron chi connectivity index (χ1n) is 6.75. The van der Waals surface area contributed by atoms with Crippen LogP contribution in [0.3, 0.4) is 0 Å². The fraction of sp³-hybridized carbons (Fsp3) is 0.600. The van der Waals surface area contributed by atoms with E-state index in [1.807, 2.05) is 6.07 Å². The van der Waals surface area contributed by atoms with Gasteiger partial charge in [0.1, 0.15) is 0 Å². The van der Waals surface area contributed by atoms with Crippen LogP contribution in [0.25, 0.3) is 0 Å². The smallest absolute Gasteiger partial charge is 0.0408 e. The van der Waals surface area contributed by atoms with Gasteiger partial charge in [-0.2, -0.15) is 0 Å². The first-order chi connectivity index (χ1) is 8.28. The van der Waals surface area contributed by atoms with Crippen LogP contribution in [0.5, 0.6) is 0 Å². The van der Waals surface area contributed by atoms with Crippen molar-refractivity contribution >= 4 is 11.6 Å². The fourth-order valence-corrected chi connectivity index (χ4v) is 3.00. The van der Waals surface area contributed by atoms with E-state index in [9.17, 15) is 0 Å². The van der Waals surface area contributed by atoms with Crippen LogP contribution in [0.2, 0.25) is 5.02 Å². The second-order valence-electron chi connectivity index (χ2n) is 5.16. The average molecular weight is 252 g/mol. The van der Waals surface area contributed by atoms with Crippen molar-refractivity contribution in [2.24, 2.45) is 5.92 Å². The third kappa shape index (κ3) is 4.01. The van der Waals surface area contributed by atoms with Crippen molar-refractivity contribution < 1.29 is 0 Å². The first kappa shape index (κ1) is 12.9. The Bertz CT molecular complexity index is 351. The van der Waals surface area contributed by atoms with Crippen molar-refractivity contribution in [1.29, 1.82) is 0 Å². The summed E-state index contributed by atoms with van der Waals surface area (Å²) < 4.78 is 0. The van der Waals surface area contributed by atoms with Crippen molar-refractivity contribution in [3.63, 3.8) is 0 Å². The van der Waals surface area contributed by atoms with E-state index in [-0.39, 0.29) is 0 Å². The molecule has 17 heavy (non-hydrogen) atoms. The predicted octanol–water partition coefficient (Wildman–Crippen LogP) is 4.05. The van der Waals surface area contributed by atoms with E-state index in [1.165, 1.54) is 37.7 Å². The number of hydrogen-bond donors (Lipinski definition) is 1. The van der Waals surface area contributed by atoms with Gasteiger partial charge < -0.3 is 5.32 Å². The lowest BCUT2D eigenvalue weighted by molar-refractivity contribution is 0.484. The summed E-state index contributed by atoms with van der Waals surface area (Å²) in [6.07, 6.45) is 6.44. The predicted molar refractivity (Wildman–Crippen MR) is 74.6 cm³/mol. The topological polar surface area (TPSA) is 12.0 Å². The molecule has 0 bridgehead atoms.